The molecular formula is C14H24O5. The van der Waals surface area contributed by atoms with Crippen LogP contribution in [0.1, 0.15) is 41.0 Å². The highest BCUT2D eigenvalue weighted by atomic mass is 16.5. The highest BCUT2D eigenvalue weighted by Gasteiger charge is 2.36. The lowest BCUT2D eigenvalue weighted by Gasteiger charge is -2.24. The molecule has 0 bridgehead atoms. The topological polar surface area (TPSA) is 69.7 Å². The number of hydrogen-bond acceptors (Lipinski definition) is 5. The summed E-state index contributed by atoms with van der Waals surface area (Å²) >= 11 is 0. The van der Waals surface area contributed by atoms with Gasteiger partial charge in [0, 0.05) is 19.4 Å². The van der Waals surface area contributed by atoms with E-state index in [0.29, 0.717) is 0 Å². The van der Waals surface area contributed by atoms with Crippen molar-refractivity contribution in [2.45, 2.75) is 46.6 Å². The lowest BCUT2D eigenvalue weighted by molar-refractivity contribution is -0.156. The molecule has 0 spiro atoms. The zero-order chi connectivity index (χ0) is 15.2. The lowest BCUT2D eigenvalue weighted by Crippen LogP contribution is -2.39. The smallest absolute Gasteiger partial charge is 0.316 e. The van der Waals surface area contributed by atoms with Crippen LogP contribution in [-0.4, -0.2) is 36.9 Å². The summed E-state index contributed by atoms with van der Waals surface area (Å²) < 4.78 is 9.94. The maximum absolute atomic E-state index is 12.1. The Labute approximate surface area is 114 Å². The van der Waals surface area contributed by atoms with Gasteiger partial charge in [-0.2, -0.15) is 0 Å². The van der Waals surface area contributed by atoms with Crippen LogP contribution in [0.15, 0.2) is 0 Å². The fourth-order valence-electron chi connectivity index (χ4n) is 1.49. The highest BCUT2D eigenvalue weighted by molar-refractivity contribution is 6.04. The number of carbonyl (C=O) groups excluding carboxylic acids is 3. The molecule has 0 aliphatic carbocycles. The molecule has 0 heterocycles. The van der Waals surface area contributed by atoms with E-state index in [-0.39, 0.29) is 30.5 Å². The minimum atomic E-state index is -1.04. The zero-order valence-electron chi connectivity index (χ0n) is 12.6. The largest absolute Gasteiger partial charge is 0.465 e. The van der Waals surface area contributed by atoms with Crippen molar-refractivity contribution in [3.05, 3.63) is 0 Å². The van der Waals surface area contributed by atoms with Crippen molar-refractivity contribution < 1.29 is 23.9 Å². The third kappa shape index (κ3) is 5.11. The number of ketones is 2. The maximum atomic E-state index is 12.1. The van der Waals surface area contributed by atoms with Gasteiger partial charge in [-0.15, -0.1) is 0 Å². The van der Waals surface area contributed by atoms with Gasteiger partial charge in [-0.1, -0.05) is 13.8 Å². The minimum absolute atomic E-state index is 0.183. The van der Waals surface area contributed by atoms with Crippen molar-refractivity contribution in [2.75, 3.05) is 13.7 Å². The Morgan fingerprint density at radius 1 is 1.16 bits per heavy atom. The second-order valence-corrected chi connectivity index (χ2v) is 5.20. The van der Waals surface area contributed by atoms with E-state index in [4.69, 9.17) is 9.47 Å². The van der Waals surface area contributed by atoms with E-state index in [1.54, 1.807) is 34.6 Å². The molecule has 0 aromatic carbocycles. The van der Waals surface area contributed by atoms with Crippen molar-refractivity contribution in [1.29, 1.82) is 0 Å². The normalized spacial score (nSPS) is 13.2. The minimum Gasteiger partial charge on any atom is -0.465 e. The summed E-state index contributed by atoms with van der Waals surface area (Å²) in [5, 5.41) is 0. The van der Waals surface area contributed by atoms with E-state index in [1.807, 2.05) is 0 Å². The van der Waals surface area contributed by atoms with E-state index in [1.165, 1.54) is 7.11 Å². The predicted octanol–water partition coefficient (Wildman–Crippen LogP) is 1.77. The molecule has 0 rings (SSSR count). The van der Waals surface area contributed by atoms with Crippen LogP contribution in [0, 0.1) is 11.8 Å². The van der Waals surface area contributed by atoms with Crippen LogP contribution >= 0.6 is 0 Å². The number of ether oxygens (including phenoxy) is 2. The Balaban J connectivity index is 5.02. The molecule has 0 aromatic heterocycles. The molecule has 1 atom stereocenters. The summed E-state index contributed by atoms with van der Waals surface area (Å²) in [6.07, 6.45) is -0.184. The molecule has 0 saturated carbocycles. The predicted molar refractivity (Wildman–Crippen MR) is 70.7 cm³/mol. The van der Waals surface area contributed by atoms with Crippen molar-refractivity contribution >= 4 is 17.5 Å². The quantitative estimate of drug-likeness (QED) is 0.497. The second kappa shape index (κ2) is 7.38. The number of Topliss-reactive ketones (excluding diaryl/α,β-unsaturated/α-hetero) is 2. The van der Waals surface area contributed by atoms with Crippen LogP contribution in [0.3, 0.4) is 0 Å². The molecule has 19 heavy (non-hydrogen) atoms. The average molecular weight is 272 g/mol. The third-order valence-electron chi connectivity index (χ3n) is 3.05. The Hall–Kier alpha value is -1.23. The van der Waals surface area contributed by atoms with Crippen molar-refractivity contribution in [3.8, 4) is 0 Å². The van der Waals surface area contributed by atoms with Crippen LogP contribution < -0.4 is 0 Å². The van der Waals surface area contributed by atoms with E-state index >= 15 is 0 Å². The van der Waals surface area contributed by atoms with E-state index in [2.05, 4.69) is 0 Å². The molecule has 0 amide bonds. The third-order valence-corrected chi connectivity index (χ3v) is 3.05. The first-order chi connectivity index (χ1) is 8.67. The summed E-state index contributed by atoms with van der Waals surface area (Å²) in [6.45, 7) is 8.45. The van der Waals surface area contributed by atoms with Gasteiger partial charge >= 0.3 is 5.97 Å². The highest BCUT2D eigenvalue weighted by Crippen LogP contribution is 2.20. The van der Waals surface area contributed by atoms with Gasteiger partial charge in [0.2, 0.25) is 0 Å². The first kappa shape index (κ1) is 17.8. The van der Waals surface area contributed by atoms with Crippen LogP contribution in [-0.2, 0) is 23.9 Å². The molecule has 5 heteroatoms. The zero-order valence-corrected chi connectivity index (χ0v) is 12.6. The first-order valence-electron chi connectivity index (χ1n) is 6.46. The van der Waals surface area contributed by atoms with Gasteiger partial charge in [-0.05, 0) is 20.8 Å². The molecule has 0 aliphatic rings. The fraction of sp³-hybridized carbons (Fsp3) is 0.786. The monoisotopic (exact) mass is 272 g/mol. The van der Waals surface area contributed by atoms with E-state index in [9.17, 15) is 14.4 Å². The first-order valence-corrected chi connectivity index (χ1v) is 6.46. The van der Waals surface area contributed by atoms with Gasteiger partial charge in [0.15, 0.2) is 5.78 Å². The number of rotatable bonds is 8. The van der Waals surface area contributed by atoms with Gasteiger partial charge in [-0.25, -0.2) is 0 Å². The number of methoxy groups -OCH3 is 1. The maximum Gasteiger partial charge on any atom is 0.316 e. The van der Waals surface area contributed by atoms with Crippen LogP contribution in [0.2, 0.25) is 0 Å². The van der Waals surface area contributed by atoms with E-state index in [0.717, 1.165) is 0 Å². The van der Waals surface area contributed by atoms with E-state index < -0.39 is 17.5 Å². The molecule has 5 nitrogen and oxygen atoms in total. The molecule has 0 fully saturated rings. The van der Waals surface area contributed by atoms with Gasteiger partial charge < -0.3 is 9.47 Å². The molecule has 0 N–H and O–H groups in total. The fourth-order valence-corrected chi connectivity index (χ4v) is 1.49. The van der Waals surface area contributed by atoms with Gasteiger partial charge in [0.1, 0.15) is 17.3 Å². The number of esters is 1. The molecule has 0 aliphatic heterocycles. The SMILES string of the molecule is CCOC(=O)C(CC(=O)C(C)(C)OC)C(=O)C(C)C. The van der Waals surface area contributed by atoms with Gasteiger partial charge in [-0.3, -0.25) is 14.4 Å². The van der Waals surface area contributed by atoms with Crippen molar-refractivity contribution in [3.63, 3.8) is 0 Å². The molecular weight excluding hydrogens is 248 g/mol. The van der Waals surface area contributed by atoms with Crippen LogP contribution in [0.4, 0.5) is 0 Å². The summed E-state index contributed by atoms with van der Waals surface area (Å²) in [4.78, 5) is 35.9. The summed E-state index contributed by atoms with van der Waals surface area (Å²) in [6, 6.07) is 0. The summed E-state index contributed by atoms with van der Waals surface area (Å²) in [7, 11) is 1.42. The molecule has 0 saturated heterocycles. The van der Waals surface area contributed by atoms with Crippen LogP contribution in [0.25, 0.3) is 0 Å². The second-order valence-electron chi connectivity index (χ2n) is 5.20. The Morgan fingerprint density at radius 2 is 1.68 bits per heavy atom. The molecule has 0 radical (unpaired) electrons. The average Bonchev–Trinajstić information content (AvgIpc) is 2.34. The number of carbonyl (C=O) groups is 3. The van der Waals surface area contributed by atoms with Gasteiger partial charge in [0.05, 0.1) is 6.61 Å². The Kier molecular flexibility index (Phi) is 6.90. The van der Waals surface area contributed by atoms with Crippen LogP contribution in [0.5, 0.6) is 0 Å². The summed E-state index contributed by atoms with van der Waals surface area (Å²) in [5.41, 5.74) is -1.01. The lowest BCUT2D eigenvalue weighted by atomic mass is 9.87. The van der Waals surface area contributed by atoms with Crippen molar-refractivity contribution in [1.82, 2.24) is 0 Å². The summed E-state index contributed by atoms with van der Waals surface area (Å²) in [5.74, 6) is -2.57. The van der Waals surface area contributed by atoms with Gasteiger partial charge in [0.25, 0.3) is 0 Å². The Morgan fingerprint density at radius 3 is 2.05 bits per heavy atom. The molecule has 1 unspecified atom stereocenters. The molecule has 110 valence electrons. The standard InChI is InChI=1S/C14H24O5/c1-7-19-13(17)10(12(16)9(2)3)8-11(15)14(4,5)18-6/h9-10H,7-8H2,1-6H3. The molecule has 0 aromatic rings. The van der Waals surface area contributed by atoms with Crippen molar-refractivity contribution in [2.24, 2.45) is 11.8 Å². The Bertz CT molecular complexity index is 344. The number of hydrogen-bond donors (Lipinski definition) is 0.